The van der Waals surface area contributed by atoms with Gasteiger partial charge in [0, 0.05) is 6.54 Å². The molecule has 2 rings (SSSR count). The Labute approximate surface area is 106 Å². The van der Waals surface area contributed by atoms with E-state index in [1.165, 1.54) is 13.2 Å². The molecule has 0 spiro atoms. The molecule has 0 atom stereocenters. The van der Waals surface area contributed by atoms with Crippen LogP contribution in [0.4, 0.5) is 4.39 Å². The highest BCUT2D eigenvalue weighted by Crippen LogP contribution is 2.27. The molecule has 0 aliphatic carbocycles. The Bertz CT molecular complexity index is 540. The van der Waals surface area contributed by atoms with Gasteiger partial charge in [-0.25, -0.2) is 4.39 Å². The Morgan fingerprint density at radius 3 is 2.61 bits per heavy atom. The van der Waals surface area contributed by atoms with Crippen molar-refractivity contribution in [3.63, 3.8) is 0 Å². The van der Waals surface area contributed by atoms with E-state index >= 15 is 0 Å². The van der Waals surface area contributed by atoms with Gasteiger partial charge in [0.15, 0.2) is 11.6 Å². The van der Waals surface area contributed by atoms with Crippen LogP contribution in [0.1, 0.15) is 5.56 Å². The van der Waals surface area contributed by atoms with E-state index in [-0.39, 0.29) is 11.6 Å². The fourth-order valence-corrected chi connectivity index (χ4v) is 1.98. The first-order valence-corrected chi connectivity index (χ1v) is 5.82. The molecule has 18 heavy (non-hydrogen) atoms. The van der Waals surface area contributed by atoms with Crippen molar-refractivity contribution in [2.75, 3.05) is 14.2 Å². The highest BCUT2D eigenvalue weighted by Gasteiger charge is 2.08. The van der Waals surface area contributed by atoms with Crippen molar-refractivity contribution in [2.24, 2.45) is 0 Å². The number of hydrogen-bond donors (Lipinski definition) is 1. The van der Waals surface area contributed by atoms with Gasteiger partial charge in [0.1, 0.15) is 0 Å². The molecule has 0 amide bonds. The van der Waals surface area contributed by atoms with Crippen LogP contribution in [0.2, 0.25) is 0 Å². The molecule has 3 heteroatoms. The molecule has 0 heterocycles. The van der Waals surface area contributed by atoms with E-state index in [4.69, 9.17) is 4.74 Å². The summed E-state index contributed by atoms with van der Waals surface area (Å²) in [6, 6.07) is 13.0. The van der Waals surface area contributed by atoms with Crippen LogP contribution < -0.4 is 10.1 Å². The lowest BCUT2D eigenvalue weighted by atomic mass is 9.99. The zero-order chi connectivity index (χ0) is 13.0. The molecule has 2 aromatic carbocycles. The second-order valence-corrected chi connectivity index (χ2v) is 4.04. The average Bonchev–Trinajstić information content (AvgIpc) is 2.40. The van der Waals surface area contributed by atoms with Crippen LogP contribution in [0, 0.1) is 5.82 Å². The largest absolute Gasteiger partial charge is 0.494 e. The third-order valence-electron chi connectivity index (χ3n) is 2.85. The summed E-state index contributed by atoms with van der Waals surface area (Å²) in [6.45, 7) is 0.754. The van der Waals surface area contributed by atoms with Gasteiger partial charge in [0.05, 0.1) is 7.11 Å². The Kier molecular flexibility index (Phi) is 3.95. The molecular weight excluding hydrogens is 229 g/mol. The summed E-state index contributed by atoms with van der Waals surface area (Å²) < 4.78 is 18.6. The number of benzene rings is 2. The number of halogens is 1. The van der Waals surface area contributed by atoms with E-state index in [1.54, 1.807) is 6.07 Å². The Morgan fingerprint density at radius 2 is 1.94 bits per heavy atom. The van der Waals surface area contributed by atoms with Crippen LogP contribution in [-0.4, -0.2) is 14.2 Å². The third-order valence-corrected chi connectivity index (χ3v) is 2.85. The zero-order valence-electron chi connectivity index (χ0n) is 10.5. The van der Waals surface area contributed by atoms with Crippen molar-refractivity contribution in [2.45, 2.75) is 6.54 Å². The first-order valence-electron chi connectivity index (χ1n) is 5.82. The Morgan fingerprint density at radius 1 is 1.17 bits per heavy atom. The van der Waals surface area contributed by atoms with Crippen molar-refractivity contribution in [1.29, 1.82) is 0 Å². The van der Waals surface area contributed by atoms with Crippen molar-refractivity contribution < 1.29 is 9.13 Å². The van der Waals surface area contributed by atoms with Crippen LogP contribution in [0.15, 0.2) is 42.5 Å². The van der Waals surface area contributed by atoms with Gasteiger partial charge in [-0.1, -0.05) is 30.3 Å². The number of rotatable bonds is 4. The van der Waals surface area contributed by atoms with E-state index in [1.807, 2.05) is 37.4 Å². The SMILES string of the molecule is CNCc1ccccc1-c1ccc(OC)c(F)c1. The van der Waals surface area contributed by atoms with Crippen molar-refractivity contribution in [1.82, 2.24) is 5.32 Å². The van der Waals surface area contributed by atoms with Gasteiger partial charge >= 0.3 is 0 Å². The van der Waals surface area contributed by atoms with Crippen molar-refractivity contribution in [3.05, 3.63) is 53.8 Å². The standard InChI is InChI=1S/C15H16FNO/c1-17-10-12-5-3-4-6-13(12)11-7-8-15(18-2)14(16)9-11/h3-9,17H,10H2,1-2H3. The quantitative estimate of drug-likeness (QED) is 0.893. The molecule has 0 aliphatic heterocycles. The van der Waals surface area contributed by atoms with E-state index in [0.717, 1.165) is 23.2 Å². The molecule has 1 N–H and O–H groups in total. The monoisotopic (exact) mass is 245 g/mol. The normalized spacial score (nSPS) is 10.4. The zero-order valence-corrected chi connectivity index (χ0v) is 10.5. The fraction of sp³-hybridized carbons (Fsp3) is 0.200. The fourth-order valence-electron chi connectivity index (χ4n) is 1.98. The molecule has 0 radical (unpaired) electrons. The second kappa shape index (κ2) is 5.65. The predicted molar refractivity (Wildman–Crippen MR) is 71.2 cm³/mol. The average molecular weight is 245 g/mol. The number of nitrogens with one attached hydrogen (secondary N) is 1. The first-order chi connectivity index (χ1) is 8.76. The molecule has 0 fully saturated rings. The molecule has 0 bridgehead atoms. The number of ether oxygens (including phenoxy) is 1. The van der Waals surface area contributed by atoms with Crippen LogP contribution in [0.25, 0.3) is 11.1 Å². The van der Waals surface area contributed by atoms with Crippen LogP contribution in [0.3, 0.4) is 0 Å². The van der Waals surface area contributed by atoms with Crippen LogP contribution in [-0.2, 0) is 6.54 Å². The van der Waals surface area contributed by atoms with Gasteiger partial charge in [0.2, 0.25) is 0 Å². The van der Waals surface area contributed by atoms with Gasteiger partial charge in [0.25, 0.3) is 0 Å². The lowest BCUT2D eigenvalue weighted by Crippen LogP contribution is -2.06. The minimum absolute atomic E-state index is 0.268. The summed E-state index contributed by atoms with van der Waals surface area (Å²) in [6.07, 6.45) is 0. The minimum Gasteiger partial charge on any atom is -0.494 e. The molecule has 0 unspecified atom stereocenters. The lowest BCUT2D eigenvalue weighted by Gasteiger charge is -2.10. The smallest absolute Gasteiger partial charge is 0.165 e. The van der Waals surface area contributed by atoms with Crippen molar-refractivity contribution >= 4 is 0 Å². The molecule has 0 aromatic heterocycles. The Hall–Kier alpha value is -1.87. The molecular formula is C15H16FNO. The number of methoxy groups -OCH3 is 1. The molecule has 2 nitrogen and oxygen atoms in total. The number of hydrogen-bond acceptors (Lipinski definition) is 2. The first kappa shape index (κ1) is 12.6. The van der Waals surface area contributed by atoms with Crippen molar-refractivity contribution in [3.8, 4) is 16.9 Å². The van der Waals surface area contributed by atoms with Gasteiger partial charge in [-0.3, -0.25) is 0 Å². The van der Waals surface area contributed by atoms with Crippen LogP contribution >= 0.6 is 0 Å². The third kappa shape index (κ3) is 2.51. The van der Waals surface area contributed by atoms with Crippen LogP contribution in [0.5, 0.6) is 5.75 Å². The maximum atomic E-state index is 13.7. The van der Waals surface area contributed by atoms with E-state index in [2.05, 4.69) is 5.32 Å². The molecule has 0 saturated carbocycles. The maximum Gasteiger partial charge on any atom is 0.165 e. The predicted octanol–water partition coefficient (Wildman–Crippen LogP) is 3.22. The summed E-state index contributed by atoms with van der Waals surface area (Å²) in [5.74, 6) is -0.0703. The van der Waals surface area contributed by atoms with E-state index < -0.39 is 0 Å². The molecule has 94 valence electrons. The van der Waals surface area contributed by atoms with Gasteiger partial charge in [-0.2, -0.15) is 0 Å². The summed E-state index contributed by atoms with van der Waals surface area (Å²) >= 11 is 0. The molecule has 2 aromatic rings. The van der Waals surface area contributed by atoms with Gasteiger partial charge in [-0.15, -0.1) is 0 Å². The van der Waals surface area contributed by atoms with Gasteiger partial charge in [-0.05, 0) is 35.9 Å². The van der Waals surface area contributed by atoms with E-state index in [0.29, 0.717) is 0 Å². The highest BCUT2D eigenvalue weighted by molar-refractivity contribution is 5.68. The van der Waals surface area contributed by atoms with E-state index in [9.17, 15) is 4.39 Å². The summed E-state index contributed by atoms with van der Waals surface area (Å²) in [7, 11) is 3.36. The summed E-state index contributed by atoms with van der Waals surface area (Å²) in [5.41, 5.74) is 3.04. The van der Waals surface area contributed by atoms with Gasteiger partial charge < -0.3 is 10.1 Å². The minimum atomic E-state index is -0.339. The lowest BCUT2D eigenvalue weighted by molar-refractivity contribution is 0.386. The maximum absolute atomic E-state index is 13.7. The summed E-state index contributed by atoms with van der Waals surface area (Å²) in [5, 5.41) is 3.11. The Balaban J connectivity index is 2.45. The second-order valence-electron chi connectivity index (χ2n) is 4.04. The molecule has 0 aliphatic rings. The highest BCUT2D eigenvalue weighted by atomic mass is 19.1. The topological polar surface area (TPSA) is 21.3 Å². The molecule has 0 saturated heterocycles. The summed E-state index contributed by atoms with van der Waals surface area (Å²) in [4.78, 5) is 0.